The minimum Gasteiger partial charge on any atom is -0.480 e. The number of nitrogens with zero attached hydrogens (tertiary/aromatic N) is 1. The third-order valence-corrected chi connectivity index (χ3v) is 3.16. The van der Waals surface area contributed by atoms with Gasteiger partial charge < -0.3 is 15.0 Å². The predicted octanol–water partition coefficient (Wildman–Crippen LogP) is 3.27. The molecule has 2 aromatic rings. The molecule has 0 aliphatic rings. The Morgan fingerprint density at radius 2 is 1.90 bits per heavy atom. The van der Waals surface area contributed by atoms with Crippen LogP contribution < -0.4 is 5.32 Å². The summed E-state index contributed by atoms with van der Waals surface area (Å²) in [5, 5.41) is 10.8. The molecule has 0 saturated heterocycles. The van der Waals surface area contributed by atoms with Gasteiger partial charge in [-0.1, -0.05) is 23.2 Å². The second kappa shape index (κ2) is 6.15. The number of carboxylic acid groups (broad SMARTS) is 1. The summed E-state index contributed by atoms with van der Waals surface area (Å²) in [6, 6.07) is 5.43. The zero-order valence-corrected chi connectivity index (χ0v) is 12.0. The van der Waals surface area contributed by atoms with Crippen LogP contribution in [0.4, 0.5) is 10.1 Å². The van der Waals surface area contributed by atoms with E-state index in [1.807, 2.05) is 0 Å². The molecule has 0 atom stereocenters. The standard InChI is InChI=1S/C13H9Cl2FN2O3/c14-8-4-7(5-9(15)12(8)16)17-13(21)10-2-1-3-18(10)6-11(19)20/h1-5H,6H2,(H,17,21)(H,19,20). The maximum atomic E-state index is 13.3. The van der Waals surface area contributed by atoms with Crippen LogP contribution in [0.5, 0.6) is 0 Å². The number of benzene rings is 1. The van der Waals surface area contributed by atoms with Crippen molar-refractivity contribution in [1.29, 1.82) is 0 Å². The summed E-state index contributed by atoms with van der Waals surface area (Å²) in [6.45, 7) is -0.347. The van der Waals surface area contributed by atoms with Crippen LogP contribution in [0.25, 0.3) is 0 Å². The highest BCUT2D eigenvalue weighted by Crippen LogP contribution is 2.27. The molecule has 8 heteroatoms. The van der Waals surface area contributed by atoms with Gasteiger partial charge in [0.25, 0.3) is 5.91 Å². The number of carbonyl (C=O) groups excluding carboxylic acids is 1. The zero-order valence-electron chi connectivity index (χ0n) is 10.4. The molecule has 0 unspecified atom stereocenters. The van der Waals surface area contributed by atoms with Gasteiger partial charge in [0.05, 0.1) is 10.0 Å². The lowest BCUT2D eigenvalue weighted by Crippen LogP contribution is -2.19. The fourth-order valence-corrected chi connectivity index (χ4v) is 2.21. The summed E-state index contributed by atoms with van der Waals surface area (Å²) in [7, 11) is 0. The van der Waals surface area contributed by atoms with Crippen LogP contribution in [-0.2, 0) is 11.3 Å². The van der Waals surface area contributed by atoms with Crippen molar-refractivity contribution >= 4 is 40.8 Å². The highest BCUT2D eigenvalue weighted by Gasteiger charge is 2.14. The smallest absolute Gasteiger partial charge is 0.323 e. The Kier molecular flexibility index (Phi) is 4.50. The molecule has 0 fully saturated rings. The SMILES string of the molecule is O=C(O)Cn1cccc1C(=O)Nc1cc(Cl)c(F)c(Cl)c1. The van der Waals surface area contributed by atoms with Gasteiger partial charge in [0.15, 0.2) is 5.82 Å². The first kappa shape index (κ1) is 15.3. The molecule has 0 aliphatic carbocycles. The normalized spacial score (nSPS) is 10.4. The summed E-state index contributed by atoms with van der Waals surface area (Å²) < 4.78 is 14.6. The molecule has 0 aliphatic heterocycles. The van der Waals surface area contributed by atoms with E-state index >= 15 is 0 Å². The summed E-state index contributed by atoms with van der Waals surface area (Å²) >= 11 is 11.3. The average molecular weight is 331 g/mol. The van der Waals surface area contributed by atoms with Crippen LogP contribution >= 0.6 is 23.2 Å². The molecule has 2 rings (SSSR count). The van der Waals surface area contributed by atoms with E-state index in [4.69, 9.17) is 28.3 Å². The first-order chi connectivity index (χ1) is 9.88. The van der Waals surface area contributed by atoms with Gasteiger partial charge in [-0.15, -0.1) is 0 Å². The molecule has 1 aromatic heterocycles. The van der Waals surface area contributed by atoms with Gasteiger partial charge in [0.2, 0.25) is 0 Å². The summed E-state index contributed by atoms with van der Waals surface area (Å²) in [5.74, 6) is -2.40. The largest absolute Gasteiger partial charge is 0.480 e. The number of hydrogen-bond donors (Lipinski definition) is 2. The molecule has 21 heavy (non-hydrogen) atoms. The van der Waals surface area contributed by atoms with E-state index in [9.17, 15) is 14.0 Å². The topological polar surface area (TPSA) is 71.3 Å². The molecule has 1 aromatic carbocycles. The van der Waals surface area contributed by atoms with Gasteiger partial charge in [-0.05, 0) is 24.3 Å². The van der Waals surface area contributed by atoms with E-state index in [1.54, 1.807) is 6.07 Å². The van der Waals surface area contributed by atoms with Crippen molar-refractivity contribution in [3.05, 3.63) is 52.0 Å². The number of aliphatic carboxylic acids is 1. The van der Waals surface area contributed by atoms with Crippen molar-refractivity contribution in [2.75, 3.05) is 5.32 Å². The molecule has 0 spiro atoms. The molecular formula is C13H9Cl2FN2O3. The second-order valence-electron chi connectivity index (χ2n) is 4.12. The van der Waals surface area contributed by atoms with E-state index in [0.717, 1.165) is 0 Å². The van der Waals surface area contributed by atoms with Crippen LogP contribution in [0, 0.1) is 5.82 Å². The van der Waals surface area contributed by atoms with Crippen molar-refractivity contribution in [1.82, 2.24) is 4.57 Å². The lowest BCUT2D eigenvalue weighted by atomic mass is 10.3. The molecular weight excluding hydrogens is 322 g/mol. The maximum absolute atomic E-state index is 13.3. The van der Waals surface area contributed by atoms with E-state index in [2.05, 4.69) is 5.32 Å². The molecule has 2 N–H and O–H groups in total. The minimum atomic E-state index is -1.08. The maximum Gasteiger partial charge on any atom is 0.323 e. The Balaban J connectivity index is 2.22. The highest BCUT2D eigenvalue weighted by molar-refractivity contribution is 6.35. The van der Waals surface area contributed by atoms with Crippen LogP contribution in [-0.4, -0.2) is 21.6 Å². The van der Waals surface area contributed by atoms with Crippen molar-refractivity contribution in [2.24, 2.45) is 0 Å². The van der Waals surface area contributed by atoms with Crippen molar-refractivity contribution in [3.8, 4) is 0 Å². The van der Waals surface area contributed by atoms with Gasteiger partial charge in [-0.3, -0.25) is 9.59 Å². The minimum absolute atomic E-state index is 0.147. The number of hydrogen-bond acceptors (Lipinski definition) is 2. The Hall–Kier alpha value is -2.05. The van der Waals surface area contributed by atoms with E-state index in [0.29, 0.717) is 0 Å². The lowest BCUT2D eigenvalue weighted by molar-refractivity contribution is -0.137. The van der Waals surface area contributed by atoms with Gasteiger partial charge in [0.1, 0.15) is 12.2 Å². The molecule has 1 amide bonds. The third-order valence-electron chi connectivity index (χ3n) is 2.61. The number of halogens is 3. The van der Waals surface area contributed by atoms with Crippen LogP contribution in [0.1, 0.15) is 10.5 Å². The van der Waals surface area contributed by atoms with Crippen LogP contribution in [0.15, 0.2) is 30.5 Å². The Bertz CT molecular complexity index is 692. The number of anilines is 1. The fraction of sp³-hybridized carbons (Fsp3) is 0.0769. The van der Waals surface area contributed by atoms with Crippen molar-refractivity contribution < 1.29 is 19.1 Å². The number of nitrogens with one attached hydrogen (secondary N) is 1. The van der Waals surface area contributed by atoms with E-state index in [1.165, 1.54) is 29.0 Å². The number of amides is 1. The summed E-state index contributed by atoms with van der Waals surface area (Å²) in [6.07, 6.45) is 1.47. The number of carboxylic acids is 1. The predicted molar refractivity (Wildman–Crippen MR) is 76.4 cm³/mol. The summed E-state index contributed by atoms with van der Waals surface area (Å²) in [4.78, 5) is 22.8. The molecule has 0 saturated carbocycles. The summed E-state index contributed by atoms with van der Waals surface area (Å²) in [5.41, 5.74) is 0.355. The Labute approximate surface area is 128 Å². The zero-order chi connectivity index (χ0) is 15.6. The highest BCUT2D eigenvalue weighted by atomic mass is 35.5. The fourth-order valence-electron chi connectivity index (χ4n) is 1.73. The van der Waals surface area contributed by atoms with Crippen molar-refractivity contribution in [3.63, 3.8) is 0 Å². The Morgan fingerprint density at radius 1 is 1.29 bits per heavy atom. The first-order valence-corrected chi connectivity index (χ1v) is 6.47. The second-order valence-corrected chi connectivity index (χ2v) is 4.94. The molecule has 0 bridgehead atoms. The lowest BCUT2D eigenvalue weighted by Gasteiger charge is -2.09. The van der Waals surface area contributed by atoms with Crippen LogP contribution in [0.3, 0.4) is 0 Å². The third kappa shape index (κ3) is 3.53. The first-order valence-electron chi connectivity index (χ1n) is 5.71. The van der Waals surface area contributed by atoms with E-state index < -0.39 is 17.7 Å². The molecule has 0 radical (unpaired) electrons. The Morgan fingerprint density at radius 3 is 2.48 bits per heavy atom. The van der Waals surface area contributed by atoms with Gasteiger partial charge >= 0.3 is 5.97 Å². The number of rotatable bonds is 4. The van der Waals surface area contributed by atoms with Crippen LogP contribution in [0.2, 0.25) is 10.0 Å². The van der Waals surface area contributed by atoms with Gasteiger partial charge in [0, 0.05) is 11.9 Å². The average Bonchev–Trinajstić information content (AvgIpc) is 2.83. The van der Waals surface area contributed by atoms with Gasteiger partial charge in [-0.25, -0.2) is 4.39 Å². The number of carbonyl (C=O) groups is 2. The van der Waals surface area contributed by atoms with Crippen molar-refractivity contribution in [2.45, 2.75) is 6.54 Å². The quantitative estimate of drug-likeness (QED) is 0.845. The molecule has 1 heterocycles. The molecule has 110 valence electrons. The monoisotopic (exact) mass is 330 g/mol. The van der Waals surface area contributed by atoms with E-state index in [-0.39, 0.29) is 28.0 Å². The number of aromatic nitrogens is 1. The van der Waals surface area contributed by atoms with Gasteiger partial charge in [-0.2, -0.15) is 0 Å². The molecule has 5 nitrogen and oxygen atoms in total.